The fraction of sp³-hybridized carbons (Fsp3) is 0.208. The van der Waals surface area contributed by atoms with Gasteiger partial charge in [0, 0.05) is 6.54 Å². The van der Waals surface area contributed by atoms with Crippen molar-refractivity contribution in [2.75, 3.05) is 11.5 Å². The van der Waals surface area contributed by atoms with Crippen molar-refractivity contribution in [1.82, 2.24) is 23.9 Å². The Balaban J connectivity index is 1.66. The first-order chi connectivity index (χ1) is 16.4. The van der Waals surface area contributed by atoms with E-state index in [9.17, 15) is 14.4 Å². The zero-order chi connectivity index (χ0) is 24.2. The minimum absolute atomic E-state index is 0.0860. The molecule has 0 atom stereocenters. The monoisotopic (exact) mass is 476 g/mol. The number of aryl methyl sites for hydroxylation is 1. The molecule has 9 nitrogen and oxygen atoms in total. The number of nitrogen functional groups attached to an aromatic ring is 1. The molecule has 0 spiro atoms. The molecule has 0 fully saturated rings. The molecule has 0 aliphatic carbocycles. The number of ketones is 1. The van der Waals surface area contributed by atoms with Crippen molar-refractivity contribution in [2.24, 2.45) is 0 Å². The van der Waals surface area contributed by atoms with Gasteiger partial charge in [-0.15, -0.1) is 10.2 Å². The zero-order valence-electron chi connectivity index (χ0n) is 18.8. The summed E-state index contributed by atoms with van der Waals surface area (Å²) in [5, 5.41) is 8.60. The van der Waals surface area contributed by atoms with Gasteiger partial charge >= 0.3 is 5.69 Å². The molecule has 174 valence electrons. The number of para-hydroxylation sites is 1. The zero-order valence-corrected chi connectivity index (χ0v) is 19.7. The number of hydrogen-bond acceptors (Lipinski definition) is 7. The Kier molecular flexibility index (Phi) is 6.78. The molecule has 4 rings (SSSR count). The van der Waals surface area contributed by atoms with Crippen molar-refractivity contribution in [1.29, 1.82) is 0 Å². The summed E-state index contributed by atoms with van der Waals surface area (Å²) < 4.78 is 4.10. The maximum atomic E-state index is 13.2. The lowest BCUT2D eigenvalue weighted by atomic mass is 10.2. The van der Waals surface area contributed by atoms with Crippen molar-refractivity contribution in [3.8, 4) is 5.69 Å². The Morgan fingerprint density at radius 1 is 1.03 bits per heavy atom. The number of aromatic nitrogens is 5. The predicted octanol–water partition coefficient (Wildman–Crippen LogP) is 2.52. The van der Waals surface area contributed by atoms with Crippen LogP contribution in [0.5, 0.6) is 0 Å². The number of Topliss-reactive ketones (excluding diaryl/α,β-unsaturated/α-hetero) is 1. The van der Waals surface area contributed by atoms with E-state index in [2.05, 4.69) is 10.2 Å². The second kappa shape index (κ2) is 9.92. The number of benzene rings is 2. The molecule has 0 unspecified atom stereocenters. The van der Waals surface area contributed by atoms with Crippen LogP contribution in [-0.2, 0) is 13.1 Å². The SMILES string of the molecule is CCn1c(=O)c(C(=O)CSc2nncn2-c2ccccc2C)c(N)n(Cc2ccccc2)c1=O. The van der Waals surface area contributed by atoms with Crippen LogP contribution in [0.3, 0.4) is 0 Å². The number of anilines is 1. The molecule has 0 aliphatic heterocycles. The minimum atomic E-state index is -0.680. The molecule has 0 saturated heterocycles. The highest BCUT2D eigenvalue weighted by Crippen LogP contribution is 2.23. The fourth-order valence-corrected chi connectivity index (χ4v) is 4.49. The van der Waals surface area contributed by atoms with Gasteiger partial charge in [0.25, 0.3) is 5.56 Å². The fourth-order valence-electron chi connectivity index (χ4n) is 3.70. The van der Waals surface area contributed by atoms with E-state index in [1.54, 1.807) is 17.8 Å². The molecule has 0 aliphatic rings. The van der Waals surface area contributed by atoms with Gasteiger partial charge in [0.2, 0.25) is 0 Å². The van der Waals surface area contributed by atoms with E-state index in [1.807, 2.05) is 61.5 Å². The standard InChI is InChI=1S/C24H24N6O3S/c1-3-28-22(32)20(21(25)29(24(28)33)13-17-10-5-4-6-11-17)19(31)14-34-23-27-26-15-30(23)18-12-8-7-9-16(18)2/h4-12,15H,3,13-14,25H2,1-2H3. The molecule has 34 heavy (non-hydrogen) atoms. The summed E-state index contributed by atoms with van der Waals surface area (Å²) in [5.74, 6) is -0.692. The molecule has 10 heteroatoms. The smallest absolute Gasteiger partial charge is 0.332 e. The Morgan fingerprint density at radius 3 is 2.44 bits per heavy atom. The summed E-state index contributed by atoms with van der Waals surface area (Å²) in [6, 6.07) is 17.0. The maximum Gasteiger partial charge on any atom is 0.332 e. The van der Waals surface area contributed by atoms with E-state index in [0.717, 1.165) is 33.1 Å². The van der Waals surface area contributed by atoms with Crippen LogP contribution >= 0.6 is 11.8 Å². The van der Waals surface area contributed by atoms with Crippen LogP contribution in [0.1, 0.15) is 28.4 Å². The Labute approximate surface area is 199 Å². The van der Waals surface area contributed by atoms with Gasteiger partial charge in [-0.1, -0.05) is 60.3 Å². The summed E-state index contributed by atoms with van der Waals surface area (Å²) in [4.78, 5) is 39.1. The summed E-state index contributed by atoms with van der Waals surface area (Å²) >= 11 is 1.15. The van der Waals surface area contributed by atoms with Crippen molar-refractivity contribution < 1.29 is 4.79 Å². The van der Waals surface area contributed by atoms with E-state index < -0.39 is 17.0 Å². The number of thioether (sulfide) groups is 1. The van der Waals surface area contributed by atoms with Crippen LogP contribution in [0.15, 0.2) is 75.7 Å². The highest BCUT2D eigenvalue weighted by molar-refractivity contribution is 7.99. The molecule has 2 N–H and O–H groups in total. The highest BCUT2D eigenvalue weighted by atomic mass is 32.2. The van der Waals surface area contributed by atoms with Crippen LogP contribution in [0.2, 0.25) is 0 Å². The Hall–Kier alpha value is -3.92. The molecular formula is C24H24N6O3S. The molecule has 2 aromatic heterocycles. The largest absolute Gasteiger partial charge is 0.384 e. The average molecular weight is 477 g/mol. The number of carbonyl (C=O) groups excluding carboxylic acids is 1. The van der Waals surface area contributed by atoms with Gasteiger partial charge < -0.3 is 5.73 Å². The summed E-state index contributed by atoms with van der Waals surface area (Å²) in [6.45, 7) is 3.93. The van der Waals surface area contributed by atoms with Gasteiger partial charge in [0.1, 0.15) is 17.7 Å². The first kappa shape index (κ1) is 23.2. The second-order valence-electron chi connectivity index (χ2n) is 7.65. The molecule has 2 heterocycles. The third-order valence-corrected chi connectivity index (χ3v) is 6.41. The number of carbonyl (C=O) groups is 1. The lowest BCUT2D eigenvalue weighted by molar-refractivity contribution is 0.102. The number of nitrogens with two attached hydrogens (primary N) is 1. The molecule has 0 amide bonds. The first-order valence-corrected chi connectivity index (χ1v) is 11.7. The van der Waals surface area contributed by atoms with Gasteiger partial charge in [-0.25, -0.2) is 4.79 Å². The lowest BCUT2D eigenvalue weighted by Gasteiger charge is -2.16. The van der Waals surface area contributed by atoms with E-state index >= 15 is 0 Å². The molecule has 0 saturated carbocycles. The molecule has 0 bridgehead atoms. The third kappa shape index (κ3) is 4.44. The van der Waals surface area contributed by atoms with Crippen molar-refractivity contribution in [2.45, 2.75) is 32.1 Å². The van der Waals surface area contributed by atoms with Crippen LogP contribution in [0.25, 0.3) is 5.69 Å². The maximum absolute atomic E-state index is 13.2. The second-order valence-corrected chi connectivity index (χ2v) is 8.59. The summed E-state index contributed by atoms with van der Waals surface area (Å²) in [6.07, 6.45) is 1.58. The molecular weight excluding hydrogens is 452 g/mol. The summed E-state index contributed by atoms with van der Waals surface area (Å²) in [7, 11) is 0. The quantitative estimate of drug-likeness (QED) is 0.307. The predicted molar refractivity (Wildman–Crippen MR) is 132 cm³/mol. The van der Waals surface area contributed by atoms with Gasteiger partial charge in [0.15, 0.2) is 10.9 Å². The van der Waals surface area contributed by atoms with Gasteiger partial charge in [-0.3, -0.25) is 23.3 Å². The average Bonchev–Trinajstić information content (AvgIpc) is 3.30. The summed E-state index contributed by atoms with van der Waals surface area (Å²) in [5.41, 5.74) is 7.57. The molecule has 2 aromatic carbocycles. The topological polar surface area (TPSA) is 118 Å². The third-order valence-electron chi connectivity index (χ3n) is 5.47. The van der Waals surface area contributed by atoms with Crippen LogP contribution in [0, 0.1) is 6.92 Å². The normalized spacial score (nSPS) is 11.0. The van der Waals surface area contributed by atoms with Crippen LogP contribution in [-0.4, -0.2) is 35.4 Å². The van der Waals surface area contributed by atoms with Gasteiger partial charge in [-0.2, -0.15) is 0 Å². The number of nitrogens with zero attached hydrogens (tertiary/aromatic N) is 5. The van der Waals surface area contributed by atoms with Crippen LogP contribution < -0.4 is 17.0 Å². The van der Waals surface area contributed by atoms with Crippen molar-refractivity contribution >= 4 is 23.4 Å². The van der Waals surface area contributed by atoms with E-state index in [-0.39, 0.29) is 30.2 Å². The van der Waals surface area contributed by atoms with E-state index in [0.29, 0.717) is 5.16 Å². The minimum Gasteiger partial charge on any atom is -0.384 e. The van der Waals surface area contributed by atoms with Crippen molar-refractivity contribution in [3.63, 3.8) is 0 Å². The van der Waals surface area contributed by atoms with Gasteiger partial charge in [-0.05, 0) is 31.0 Å². The number of rotatable bonds is 8. The highest BCUT2D eigenvalue weighted by Gasteiger charge is 2.23. The van der Waals surface area contributed by atoms with Gasteiger partial charge in [0.05, 0.1) is 18.0 Å². The Morgan fingerprint density at radius 2 is 1.74 bits per heavy atom. The lowest BCUT2D eigenvalue weighted by Crippen LogP contribution is -2.44. The van der Waals surface area contributed by atoms with Crippen LogP contribution in [0.4, 0.5) is 5.82 Å². The van der Waals surface area contributed by atoms with E-state index in [1.165, 1.54) is 4.57 Å². The van der Waals surface area contributed by atoms with E-state index in [4.69, 9.17) is 5.73 Å². The first-order valence-electron chi connectivity index (χ1n) is 10.7. The Bertz CT molecular complexity index is 1460. The van der Waals surface area contributed by atoms with Crippen molar-refractivity contribution in [3.05, 3.63) is 98.5 Å². The number of hydrogen-bond donors (Lipinski definition) is 1. The molecule has 4 aromatic rings. The molecule has 0 radical (unpaired) electrons.